The monoisotopic (exact) mass is 224 g/mol. The van der Waals surface area contributed by atoms with Gasteiger partial charge in [0.2, 0.25) is 0 Å². The molecule has 2 heterocycles. The third-order valence-electron chi connectivity index (χ3n) is 3.24. The zero-order chi connectivity index (χ0) is 11.8. The lowest BCUT2D eigenvalue weighted by atomic mass is 10.0. The minimum atomic E-state index is -0.398. The van der Waals surface area contributed by atoms with Gasteiger partial charge in [0.15, 0.2) is 0 Å². The SMILES string of the molecule is CC1(C)CCCN1c1ncc(F)cc1CO. The molecule has 0 atom stereocenters. The summed E-state index contributed by atoms with van der Waals surface area (Å²) in [4.78, 5) is 6.27. The Balaban J connectivity index is 2.40. The van der Waals surface area contributed by atoms with Crippen LogP contribution < -0.4 is 4.90 Å². The largest absolute Gasteiger partial charge is 0.392 e. The Labute approximate surface area is 94.9 Å². The fourth-order valence-electron chi connectivity index (χ4n) is 2.33. The number of pyridine rings is 1. The molecule has 0 radical (unpaired) electrons. The summed E-state index contributed by atoms with van der Waals surface area (Å²) < 4.78 is 13.0. The number of aliphatic hydroxyl groups excluding tert-OH is 1. The summed E-state index contributed by atoms with van der Waals surface area (Å²) in [6.45, 7) is 5.03. The van der Waals surface area contributed by atoms with Gasteiger partial charge in [-0.05, 0) is 32.8 Å². The van der Waals surface area contributed by atoms with Crippen LogP contribution in [0.4, 0.5) is 10.2 Å². The van der Waals surface area contributed by atoms with Gasteiger partial charge in [0.1, 0.15) is 11.6 Å². The van der Waals surface area contributed by atoms with Gasteiger partial charge >= 0.3 is 0 Å². The first-order chi connectivity index (χ1) is 7.54. The summed E-state index contributed by atoms with van der Waals surface area (Å²) in [5.74, 6) is 0.316. The topological polar surface area (TPSA) is 36.4 Å². The summed E-state index contributed by atoms with van der Waals surface area (Å²) in [5.41, 5.74) is 0.601. The highest BCUT2D eigenvalue weighted by Crippen LogP contribution is 2.34. The van der Waals surface area contributed by atoms with Gasteiger partial charge in [-0.1, -0.05) is 0 Å². The Kier molecular flexibility index (Phi) is 2.84. The highest BCUT2D eigenvalue weighted by Gasteiger charge is 2.33. The summed E-state index contributed by atoms with van der Waals surface area (Å²) >= 11 is 0. The molecule has 2 rings (SSSR count). The van der Waals surface area contributed by atoms with E-state index in [0.717, 1.165) is 19.4 Å². The number of aromatic nitrogens is 1. The molecular weight excluding hydrogens is 207 g/mol. The lowest BCUT2D eigenvalue weighted by Crippen LogP contribution is -2.39. The lowest BCUT2D eigenvalue weighted by molar-refractivity contribution is 0.280. The fraction of sp³-hybridized carbons (Fsp3) is 0.583. The number of rotatable bonds is 2. The zero-order valence-corrected chi connectivity index (χ0v) is 9.70. The molecule has 1 saturated heterocycles. The number of hydrogen-bond acceptors (Lipinski definition) is 3. The van der Waals surface area contributed by atoms with Crippen LogP contribution in [0.5, 0.6) is 0 Å². The van der Waals surface area contributed by atoms with Crippen molar-refractivity contribution in [2.75, 3.05) is 11.4 Å². The van der Waals surface area contributed by atoms with Crippen LogP contribution in [0, 0.1) is 5.82 Å². The Morgan fingerprint density at radius 1 is 1.56 bits per heavy atom. The third kappa shape index (κ3) is 1.89. The molecule has 16 heavy (non-hydrogen) atoms. The summed E-state index contributed by atoms with van der Waals surface area (Å²) in [6.07, 6.45) is 3.41. The predicted molar refractivity (Wildman–Crippen MR) is 60.8 cm³/mol. The highest BCUT2D eigenvalue weighted by molar-refractivity contribution is 5.50. The maximum atomic E-state index is 13.0. The van der Waals surface area contributed by atoms with Gasteiger partial charge in [-0.25, -0.2) is 9.37 Å². The van der Waals surface area contributed by atoms with Crippen molar-refractivity contribution in [3.05, 3.63) is 23.6 Å². The molecule has 1 aromatic rings. The molecule has 0 bridgehead atoms. The van der Waals surface area contributed by atoms with Crippen molar-refractivity contribution < 1.29 is 9.50 Å². The second-order valence-corrected chi connectivity index (χ2v) is 4.86. The second-order valence-electron chi connectivity index (χ2n) is 4.86. The van der Waals surface area contributed by atoms with Crippen LogP contribution in [0.25, 0.3) is 0 Å². The van der Waals surface area contributed by atoms with E-state index in [9.17, 15) is 9.50 Å². The number of aliphatic hydroxyl groups is 1. The Morgan fingerprint density at radius 3 is 2.88 bits per heavy atom. The molecule has 1 aliphatic heterocycles. The highest BCUT2D eigenvalue weighted by atomic mass is 19.1. The van der Waals surface area contributed by atoms with E-state index in [1.807, 2.05) is 0 Å². The van der Waals surface area contributed by atoms with Crippen molar-refractivity contribution in [2.24, 2.45) is 0 Å². The van der Waals surface area contributed by atoms with E-state index in [2.05, 4.69) is 23.7 Å². The minimum Gasteiger partial charge on any atom is -0.392 e. The fourth-order valence-corrected chi connectivity index (χ4v) is 2.33. The number of halogens is 1. The first kappa shape index (κ1) is 11.3. The summed E-state index contributed by atoms with van der Waals surface area (Å²) in [5, 5.41) is 9.24. The van der Waals surface area contributed by atoms with Gasteiger partial charge < -0.3 is 10.0 Å². The minimum absolute atomic E-state index is 0.0365. The lowest BCUT2D eigenvalue weighted by Gasteiger charge is -2.33. The molecular formula is C12H17FN2O. The van der Waals surface area contributed by atoms with Crippen LogP contribution in [-0.4, -0.2) is 22.2 Å². The first-order valence-corrected chi connectivity index (χ1v) is 5.57. The van der Waals surface area contributed by atoms with Crippen molar-refractivity contribution in [1.82, 2.24) is 4.98 Å². The molecule has 1 aromatic heterocycles. The van der Waals surface area contributed by atoms with E-state index >= 15 is 0 Å². The van der Waals surface area contributed by atoms with E-state index in [4.69, 9.17) is 0 Å². The first-order valence-electron chi connectivity index (χ1n) is 5.57. The third-order valence-corrected chi connectivity index (χ3v) is 3.24. The Morgan fingerprint density at radius 2 is 2.31 bits per heavy atom. The molecule has 1 N–H and O–H groups in total. The molecule has 0 amide bonds. The van der Waals surface area contributed by atoms with E-state index in [-0.39, 0.29) is 12.1 Å². The summed E-state index contributed by atoms with van der Waals surface area (Å²) in [7, 11) is 0. The normalized spacial score (nSPS) is 19.1. The molecule has 0 spiro atoms. The standard InChI is InChI=1S/C12H17FN2O/c1-12(2)4-3-5-15(12)11-9(8-16)6-10(13)7-14-11/h6-7,16H,3-5,8H2,1-2H3. The van der Waals surface area contributed by atoms with Crippen molar-refractivity contribution in [3.8, 4) is 0 Å². The maximum Gasteiger partial charge on any atom is 0.142 e. The number of anilines is 1. The Hall–Kier alpha value is -1.16. The quantitative estimate of drug-likeness (QED) is 0.835. The number of hydrogen-bond donors (Lipinski definition) is 1. The van der Waals surface area contributed by atoms with E-state index in [0.29, 0.717) is 11.4 Å². The molecule has 88 valence electrons. The second kappa shape index (κ2) is 4.01. The predicted octanol–water partition coefficient (Wildman–Crippen LogP) is 2.09. The average Bonchev–Trinajstić information content (AvgIpc) is 2.58. The molecule has 3 nitrogen and oxygen atoms in total. The van der Waals surface area contributed by atoms with Gasteiger partial charge in [0.05, 0.1) is 12.8 Å². The van der Waals surface area contributed by atoms with E-state index in [1.54, 1.807) is 0 Å². The smallest absolute Gasteiger partial charge is 0.142 e. The summed E-state index contributed by atoms with van der Waals surface area (Å²) in [6, 6.07) is 1.36. The molecule has 0 aromatic carbocycles. The van der Waals surface area contributed by atoms with Crippen LogP contribution in [0.15, 0.2) is 12.3 Å². The zero-order valence-electron chi connectivity index (χ0n) is 9.70. The Bertz CT molecular complexity index is 393. The molecule has 0 aliphatic carbocycles. The molecule has 0 saturated carbocycles. The van der Waals surface area contributed by atoms with Crippen molar-refractivity contribution >= 4 is 5.82 Å². The van der Waals surface area contributed by atoms with Crippen molar-refractivity contribution in [3.63, 3.8) is 0 Å². The van der Waals surface area contributed by atoms with E-state index in [1.165, 1.54) is 12.3 Å². The number of nitrogens with zero attached hydrogens (tertiary/aromatic N) is 2. The average molecular weight is 224 g/mol. The van der Waals surface area contributed by atoms with Crippen LogP contribution in [0.2, 0.25) is 0 Å². The van der Waals surface area contributed by atoms with E-state index < -0.39 is 5.82 Å². The van der Waals surface area contributed by atoms with Gasteiger partial charge in [-0.15, -0.1) is 0 Å². The van der Waals surface area contributed by atoms with Crippen LogP contribution in [-0.2, 0) is 6.61 Å². The molecule has 0 unspecified atom stereocenters. The van der Waals surface area contributed by atoms with Gasteiger partial charge in [0.25, 0.3) is 0 Å². The molecule has 1 fully saturated rings. The molecule has 4 heteroatoms. The van der Waals surface area contributed by atoms with Gasteiger partial charge in [-0.2, -0.15) is 0 Å². The van der Waals surface area contributed by atoms with Crippen molar-refractivity contribution in [2.45, 2.75) is 38.8 Å². The van der Waals surface area contributed by atoms with Gasteiger partial charge in [-0.3, -0.25) is 0 Å². The maximum absolute atomic E-state index is 13.0. The van der Waals surface area contributed by atoms with Crippen LogP contribution in [0.3, 0.4) is 0 Å². The van der Waals surface area contributed by atoms with Crippen LogP contribution in [0.1, 0.15) is 32.3 Å². The molecule has 1 aliphatic rings. The van der Waals surface area contributed by atoms with Gasteiger partial charge in [0, 0.05) is 17.6 Å². The van der Waals surface area contributed by atoms with Crippen LogP contribution >= 0.6 is 0 Å². The van der Waals surface area contributed by atoms with Crippen molar-refractivity contribution in [1.29, 1.82) is 0 Å².